The predicted molar refractivity (Wildman–Crippen MR) is 116 cm³/mol. The minimum Gasteiger partial charge on any atom is -0.489 e. The first-order valence-corrected chi connectivity index (χ1v) is 10.3. The molecule has 2 amide bonds. The summed E-state index contributed by atoms with van der Waals surface area (Å²) in [5, 5.41) is 0.175. The number of anilines is 1. The molecule has 28 heavy (non-hydrogen) atoms. The fraction of sp³-hybridized carbons (Fsp3) is 0.304. The predicted octanol–water partition coefficient (Wildman–Crippen LogP) is 5.21. The van der Waals surface area contributed by atoms with Gasteiger partial charge in [-0.15, -0.1) is 11.8 Å². The average molecular weight is 396 g/mol. The van der Waals surface area contributed by atoms with Crippen LogP contribution in [0.1, 0.15) is 38.8 Å². The lowest BCUT2D eigenvalue weighted by Gasteiger charge is -2.20. The van der Waals surface area contributed by atoms with Crippen LogP contribution in [0.25, 0.3) is 5.57 Å². The Kier molecular flexibility index (Phi) is 5.94. The normalized spacial score (nSPS) is 14.6. The fourth-order valence-corrected chi connectivity index (χ4v) is 4.03. The molecule has 146 valence electrons. The zero-order valence-electron chi connectivity index (χ0n) is 16.9. The number of carbonyl (C=O) groups excluding carboxylic acids is 2. The van der Waals surface area contributed by atoms with Crippen LogP contribution in [0.4, 0.5) is 5.69 Å². The van der Waals surface area contributed by atoms with Crippen LogP contribution in [-0.2, 0) is 9.59 Å². The van der Waals surface area contributed by atoms with Crippen LogP contribution in [0.5, 0.6) is 5.75 Å². The second kappa shape index (κ2) is 8.23. The third kappa shape index (κ3) is 3.99. The van der Waals surface area contributed by atoms with E-state index in [4.69, 9.17) is 4.74 Å². The average Bonchev–Trinajstić information content (AvgIpc) is 2.86. The third-order valence-corrected chi connectivity index (χ3v) is 5.29. The van der Waals surface area contributed by atoms with Crippen LogP contribution >= 0.6 is 11.8 Å². The molecule has 0 fully saturated rings. The van der Waals surface area contributed by atoms with Gasteiger partial charge in [-0.2, -0.15) is 0 Å². The number of thioether (sulfide) groups is 1. The third-order valence-electron chi connectivity index (χ3n) is 4.20. The lowest BCUT2D eigenvalue weighted by molar-refractivity contribution is -0.119. The van der Waals surface area contributed by atoms with Crippen molar-refractivity contribution < 1.29 is 14.3 Å². The molecule has 0 bridgehead atoms. The summed E-state index contributed by atoms with van der Waals surface area (Å²) in [7, 11) is 0. The molecule has 4 nitrogen and oxygen atoms in total. The monoisotopic (exact) mass is 395 g/mol. The van der Waals surface area contributed by atoms with Crippen molar-refractivity contribution in [2.45, 2.75) is 46.0 Å². The van der Waals surface area contributed by atoms with E-state index in [9.17, 15) is 9.59 Å². The van der Waals surface area contributed by atoms with Gasteiger partial charge in [0.05, 0.1) is 22.3 Å². The molecule has 0 spiro atoms. The van der Waals surface area contributed by atoms with E-state index >= 15 is 0 Å². The van der Waals surface area contributed by atoms with E-state index in [-0.39, 0.29) is 23.2 Å². The Morgan fingerprint density at radius 1 is 0.893 bits per heavy atom. The van der Waals surface area contributed by atoms with Crippen LogP contribution in [0.3, 0.4) is 0 Å². The highest BCUT2D eigenvalue weighted by Gasteiger charge is 2.41. The van der Waals surface area contributed by atoms with Crippen LogP contribution in [0.2, 0.25) is 0 Å². The molecule has 2 aromatic rings. The Hall–Kier alpha value is -2.53. The number of amides is 2. The number of carbonyl (C=O) groups is 2. The lowest BCUT2D eigenvalue weighted by Crippen LogP contribution is -2.32. The van der Waals surface area contributed by atoms with E-state index in [2.05, 4.69) is 0 Å². The van der Waals surface area contributed by atoms with Crippen molar-refractivity contribution in [3.05, 3.63) is 64.6 Å². The van der Waals surface area contributed by atoms with Gasteiger partial charge in [0.2, 0.25) is 0 Å². The van der Waals surface area contributed by atoms with E-state index < -0.39 is 0 Å². The molecule has 0 N–H and O–H groups in total. The molecule has 0 aromatic heterocycles. The zero-order chi connectivity index (χ0) is 20.4. The van der Waals surface area contributed by atoms with Gasteiger partial charge >= 0.3 is 0 Å². The number of imide groups is 1. The van der Waals surface area contributed by atoms with E-state index in [1.54, 1.807) is 12.1 Å². The van der Waals surface area contributed by atoms with E-state index in [0.717, 1.165) is 11.1 Å². The smallest absolute Gasteiger partial charge is 0.272 e. The molecule has 0 unspecified atom stereocenters. The van der Waals surface area contributed by atoms with Crippen molar-refractivity contribution in [1.82, 2.24) is 0 Å². The second-order valence-electron chi connectivity index (χ2n) is 7.32. The molecule has 1 heterocycles. The summed E-state index contributed by atoms with van der Waals surface area (Å²) >= 11 is 1.43. The molecule has 0 radical (unpaired) electrons. The summed E-state index contributed by atoms with van der Waals surface area (Å²) in [6, 6.07) is 14.9. The highest BCUT2D eigenvalue weighted by atomic mass is 32.2. The van der Waals surface area contributed by atoms with Crippen molar-refractivity contribution in [1.29, 1.82) is 0 Å². The van der Waals surface area contributed by atoms with Gasteiger partial charge in [-0.1, -0.05) is 55.8 Å². The topological polar surface area (TPSA) is 46.6 Å². The SMILES string of the molecule is Cc1ccc(C2=C(SC(C)C)C(=O)N(c3ccccc3OC(C)C)C2=O)cc1. The van der Waals surface area contributed by atoms with Crippen LogP contribution in [0, 0.1) is 6.92 Å². The Morgan fingerprint density at radius 3 is 2.14 bits per heavy atom. The van der Waals surface area contributed by atoms with E-state index in [0.29, 0.717) is 21.9 Å². The minimum absolute atomic E-state index is 0.0667. The highest BCUT2D eigenvalue weighted by molar-refractivity contribution is 8.04. The quantitative estimate of drug-likeness (QED) is 0.630. The molecule has 1 aliphatic rings. The first kappa shape index (κ1) is 20.2. The zero-order valence-corrected chi connectivity index (χ0v) is 17.7. The van der Waals surface area contributed by atoms with Crippen molar-refractivity contribution in [2.75, 3.05) is 4.90 Å². The van der Waals surface area contributed by atoms with E-state index in [1.807, 2.05) is 71.0 Å². The summed E-state index contributed by atoms with van der Waals surface area (Å²) in [4.78, 5) is 28.5. The maximum Gasteiger partial charge on any atom is 0.272 e. The molecule has 1 aliphatic heterocycles. The standard InChI is InChI=1S/C23H25NO3S/c1-14(2)27-19-9-7-6-8-18(19)24-22(25)20(17-12-10-16(5)11-13-17)21(23(24)26)28-15(3)4/h6-15H,1-5H3. The lowest BCUT2D eigenvalue weighted by atomic mass is 10.0. The van der Waals surface area contributed by atoms with Crippen molar-refractivity contribution >= 4 is 34.8 Å². The Morgan fingerprint density at radius 2 is 1.54 bits per heavy atom. The first-order valence-electron chi connectivity index (χ1n) is 9.42. The van der Waals surface area contributed by atoms with Gasteiger partial charge in [-0.3, -0.25) is 9.59 Å². The number of hydrogen-bond donors (Lipinski definition) is 0. The molecule has 0 atom stereocenters. The minimum atomic E-state index is -0.309. The highest BCUT2D eigenvalue weighted by Crippen LogP contribution is 2.42. The van der Waals surface area contributed by atoms with Gasteiger partial charge in [0.25, 0.3) is 11.8 Å². The number of para-hydroxylation sites is 2. The number of ether oxygens (including phenoxy) is 1. The Labute approximate surface area is 170 Å². The molecule has 5 heteroatoms. The number of aryl methyl sites for hydroxylation is 1. The van der Waals surface area contributed by atoms with Gasteiger partial charge in [-0.05, 0) is 38.5 Å². The van der Waals surface area contributed by atoms with Gasteiger partial charge in [-0.25, -0.2) is 4.90 Å². The summed E-state index contributed by atoms with van der Waals surface area (Å²) in [5.41, 5.74) is 2.81. The maximum absolute atomic E-state index is 13.4. The summed E-state index contributed by atoms with van der Waals surface area (Å²) < 4.78 is 5.86. The molecule has 3 rings (SSSR count). The fourth-order valence-electron chi connectivity index (χ4n) is 3.04. The number of benzene rings is 2. The summed E-state index contributed by atoms with van der Waals surface area (Å²) in [6.45, 7) is 9.86. The first-order chi connectivity index (χ1) is 13.3. The number of nitrogens with zero attached hydrogens (tertiary/aromatic N) is 1. The molecule has 2 aromatic carbocycles. The van der Waals surface area contributed by atoms with Gasteiger partial charge < -0.3 is 4.74 Å². The van der Waals surface area contributed by atoms with Gasteiger partial charge in [0.15, 0.2) is 0 Å². The molecular formula is C23H25NO3S. The number of hydrogen-bond acceptors (Lipinski definition) is 4. The summed E-state index contributed by atoms with van der Waals surface area (Å²) in [6.07, 6.45) is -0.0667. The Balaban J connectivity index is 2.10. The van der Waals surface area contributed by atoms with Crippen LogP contribution < -0.4 is 9.64 Å². The molecule has 0 saturated heterocycles. The van der Waals surface area contributed by atoms with E-state index in [1.165, 1.54) is 16.7 Å². The maximum atomic E-state index is 13.4. The molecule has 0 saturated carbocycles. The van der Waals surface area contributed by atoms with Crippen molar-refractivity contribution in [3.63, 3.8) is 0 Å². The second-order valence-corrected chi connectivity index (χ2v) is 8.90. The molecular weight excluding hydrogens is 370 g/mol. The van der Waals surface area contributed by atoms with Gasteiger partial charge in [0.1, 0.15) is 5.75 Å². The van der Waals surface area contributed by atoms with Crippen LogP contribution in [-0.4, -0.2) is 23.2 Å². The van der Waals surface area contributed by atoms with Gasteiger partial charge in [0, 0.05) is 5.25 Å². The largest absolute Gasteiger partial charge is 0.489 e. The van der Waals surface area contributed by atoms with Crippen molar-refractivity contribution in [3.8, 4) is 5.75 Å². The summed E-state index contributed by atoms with van der Waals surface area (Å²) in [5.74, 6) is -0.0749. The van der Waals surface area contributed by atoms with Crippen LogP contribution in [0.15, 0.2) is 53.4 Å². The molecule has 0 aliphatic carbocycles. The Bertz CT molecular complexity index is 929. The number of rotatable bonds is 6. The van der Waals surface area contributed by atoms with Crippen molar-refractivity contribution in [2.24, 2.45) is 0 Å².